The second kappa shape index (κ2) is 8.90. The Bertz CT molecular complexity index is 535. The molecule has 3 rings (SSSR count). The Morgan fingerprint density at radius 2 is 1.70 bits per heavy atom. The molecule has 2 amide bonds. The molecule has 2 unspecified atom stereocenters. The number of fused-ring (bicyclic) bond motifs is 1. The van der Waals surface area contributed by atoms with E-state index in [4.69, 9.17) is 19.4 Å². The zero-order valence-electron chi connectivity index (χ0n) is 15.7. The van der Waals surface area contributed by atoms with Gasteiger partial charge in [0.15, 0.2) is 0 Å². The summed E-state index contributed by atoms with van der Waals surface area (Å²) in [5.74, 6) is -0.453. The van der Waals surface area contributed by atoms with Crippen LogP contribution in [0.25, 0.3) is 0 Å². The maximum absolute atomic E-state index is 12.1. The van der Waals surface area contributed by atoms with Gasteiger partial charge in [0.1, 0.15) is 0 Å². The molecule has 3 aliphatic rings. The van der Waals surface area contributed by atoms with E-state index in [1.54, 1.807) is 0 Å². The number of hydrogen-bond acceptors (Lipinski definition) is 4. The minimum Gasteiger partial charge on any atom is -0.483 e. The summed E-state index contributed by atoms with van der Waals surface area (Å²) in [6.07, 6.45) is -1.39. The van der Waals surface area contributed by atoms with Crippen LogP contribution in [0.4, 0.5) is 13.2 Å². The van der Waals surface area contributed by atoms with Gasteiger partial charge >= 0.3 is 12.1 Å². The Morgan fingerprint density at radius 1 is 1.30 bits per heavy atom. The van der Waals surface area contributed by atoms with Crippen molar-refractivity contribution in [1.29, 1.82) is 0 Å². The third-order valence-electron chi connectivity index (χ3n) is 5.17. The molecule has 0 radical (unpaired) electrons. The summed E-state index contributed by atoms with van der Waals surface area (Å²) in [7, 11) is 0. The van der Waals surface area contributed by atoms with E-state index >= 15 is 0 Å². The smallest absolute Gasteiger partial charge is 0.470 e. The van der Waals surface area contributed by atoms with E-state index in [0.29, 0.717) is 23.8 Å². The molecule has 3 atom stereocenters. The van der Waals surface area contributed by atoms with Crippen molar-refractivity contribution in [3.05, 3.63) is 0 Å². The minimum atomic E-state index is -4.86. The van der Waals surface area contributed by atoms with Gasteiger partial charge in [-0.25, -0.2) is 0 Å². The van der Waals surface area contributed by atoms with E-state index in [0.717, 1.165) is 24.9 Å². The van der Waals surface area contributed by atoms with Crippen molar-refractivity contribution in [2.24, 2.45) is 23.0 Å². The van der Waals surface area contributed by atoms with Crippen LogP contribution in [-0.2, 0) is 19.1 Å². The summed E-state index contributed by atoms with van der Waals surface area (Å²) in [6, 6.07) is 0. The summed E-state index contributed by atoms with van der Waals surface area (Å²) in [6.45, 7) is 8.38. The predicted octanol–water partition coefficient (Wildman–Crippen LogP) is 1.79. The molecule has 1 aliphatic heterocycles. The molecule has 1 heterocycles. The maximum Gasteiger partial charge on any atom is 0.470 e. The number of likely N-dealkylation sites (tertiary alicyclic amines) is 1. The maximum atomic E-state index is 12.1. The largest absolute Gasteiger partial charge is 0.483 e. The van der Waals surface area contributed by atoms with Crippen LogP contribution < -0.4 is 5.73 Å². The highest BCUT2D eigenvalue weighted by atomic mass is 19.4. The molecule has 0 spiro atoms. The van der Waals surface area contributed by atoms with Crippen molar-refractivity contribution in [2.45, 2.75) is 58.4 Å². The van der Waals surface area contributed by atoms with Crippen LogP contribution in [0.3, 0.4) is 0 Å². The quantitative estimate of drug-likeness (QED) is 0.704. The van der Waals surface area contributed by atoms with Crippen LogP contribution in [-0.4, -0.2) is 59.8 Å². The summed E-state index contributed by atoms with van der Waals surface area (Å²) < 4.78 is 37.8. The Kier molecular flexibility index (Phi) is 7.65. The lowest BCUT2D eigenvalue weighted by molar-refractivity contribution is -0.169. The lowest BCUT2D eigenvalue weighted by Crippen LogP contribution is -2.35. The molecule has 10 heteroatoms. The third-order valence-corrected chi connectivity index (χ3v) is 5.17. The molecule has 2 aliphatic carbocycles. The molecule has 3 N–H and O–H groups in total. The van der Waals surface area contributed by atoms with Gasteiger partial charge in [-0.15, -0.1) is 0 Å². The molecular weight excluding hydrogens is 369 g/mol. The van der Waals surface area contributed by atoms with Crippen LogP contribution in [0.2, 0.25) is 0 Å². The number of amides is 2. The van der Waals surface area contributed by atoms with Crippen molar-refractivity contribution >= 4 is 18.3 Å². The first-order valence-electron chi connectivity index (χ1n) is 8.72. The normalized spacial score (nSPS) is 25.8. The molecule has 156 valence electrons. The number of ether oxygens (including phenoxy) is 1. The zero-order valence-corrected chi connectivity index (χ0v) is 15.7. The van der Waals surface area contributed by atoms with E-state index < -0.39 is 12.1 Å². The number of piperidine rings is 1. The van der Waals surface area contributed by atoms with Gasteiger partial charge in [-0.1, -0.05) is 13.8 Å². The van der Waals surface area contributed by atoms with E-state index in [9.17, 15) is 18.0 Å². The number of hydrogen-bond donors (Lipinski definition) is 2. The lowest BCUT2D eigenvalue weighted by Gasteiger charge is -2.23. The van der Waals surface area contributed by atoms with Crippen molar-refractivity contribution in [2.75, 3.05) is 13.1 Å². The van der Waals surface area contributed by atoms with Gasteiger partial charge in [0.25, 0.3) is 6.47 Å². The van der Waals surface area contributed by atoms with Gasteiger partial charge in [-0.05, 0) is 37.0 Å². The Morgan fingerprint density at radius 3 is 2.04 bits per heavy atom. The van der Waals surface area contributed by atoms with Crippen molar-refractivity contribution in [3.8, 4) is 0 Å². The average molecular weight is 396 g/mol. The van der Waals surface area contributed by atoms with Crippen LogP contribution in [0.15, 0.2) is 0 Å². The van der Waals surface area contributed by atoms with Gasteiger partial charge in [0, 0.05) is 13.1 Å². The van der Waals surface area contributed by atoms with E-state index in [-0.39, 0.29) is 12.6 Å². The molecule has 0 aromatic heterocycles. The number of nitrogens with zero attached hydrogens (tertiary/aromatic N) is 1. The van der Waals surface area contributed by atoms with E-state index in [2.05, 4.69) is 19.6 Å². The highest BCUT2D eigenvalue weighted by molar-refractivity contribution is 5.79. The van der Waals surface area contributed by atoms with Crippen LogP contribution >= 0.6 is 0 Å². The Labute approximate surface area is 156 Å². The van der Waals surface area contributed by atoms with E-state index in [1.807, 2.05) is 11.8 Å². The minimum absolute atomic E-state index is 0.0972. The summed E-state index contributed by atoms with van der Waals surface area (Å²) in [5, 5.41) is 6.89. The molecule has 1 saturated heterocycles. The van der Waals surface area contributed by atoms with Crippen LogP contribution in [0, 0.1) is 17.3 Å². The number of nitrogens with two attached hydrogens (primary N) is 1. The molecule has 7 nitrogen and oxygen atoms in total. The fraction of sp³-hybridized carbons (Fsp3) is 0.824. The summed E-state index contributed by atoms with van der Waals surface area (Å²) in [5.41, 5.74) is 4.30. The monoisotopic (exact) mass is 396 g/mol. The fourth-order valence-electron chi connectivity index (χ4n) is 3.29. The number of carbonyl (C=O) groups is 3. The van der Waals surface area contributed by atoms with Crippen molar-refractivity contribution < 1.29 is 37.4 Å². The molecule has 27 heavy (non-hydrogen) atoms. The Hall–Kier alpha value is -1.84. The van der Waals surface area contributed by atoms with Gasteiger partial charge in [0.2, 0.25) is 5.91 Å². The van der Waals surface area contributed by atoms with Crippen molar-refractivity contribution in [3.63, 3.8) is 0 Å². The molecular formula is C17H27F3N2O5. The molecule has 0 aromatic carbocycles. The summed E-state index contributed by atoms with van der Waals surface area (Å²) >= 11 is 0. The zero-order chi connectivity index (χ0) is 21.0. The first-order chi connectivity index (χ1) is 12.3. The number of carboxylic acid groups (broad SMARTS) is 1. The van der Waals surface area contributed by atoms with Gasteiger partial charge in [0.05, 0.1) is 18.6 Å². The molecule has 3 fully saturated rings. The van der Waals surface area contributed by atoms with Crippen molar-refractivity contribution in [1.82, 2.24) is 4.90 Å². The van der Waals surface area contributed by atoms with Gasteiger partial charge < -0.3 is 20.5 Å². The SMILES string of the molecule is C[C@H](CC(=O)N1CC2C(C1)C2(C)C)OC1CC1.NC(=O)C(F)(F)F.O=CO. The first kappa shape index (κ1) is 23.2. The second-order valence-corrected chi connectivity index (χ2v) is 7.65. The highest BCUT2D eigenvalue weighted by Crippen LogP contribution is 2.61. The number of rotatable bonds is 4. The number of alkyl halides is 3. The van der Waals surface area contributed by atoms with Gasteiger partial charge in [-0.3, -0.25) is 14.4 Å². The highest BCUT2D eigenvalue weighted by Gasteiger charge is 2.62. The Balaban J connectivity index is 0.000000308. The average Bonchev–Trinajstić information content (AvgIpc) is 3.34. The van der Waals surface area contributed by atoms with E-state index in [1.165, 1.54) is 12.8 Å². The standard InChI is InChI=1S/C14H23NO2.C2H2F3NO.CH2O2/c1-9(17-10-4-5-10)6-13(16)15-7-11-12(8-15)14(11,2)3;3-2(4,5)1(6)7;2-1-3/h9-12H,4-8H2,1-3H3;(H2,6,7);1H,(H,2,3)/t9-,11?,12?;;/m1../s1. The fourth-order valence-corrected chi connectivity index (χ4v) is 3.29. The van der Waals surface area contributed by atoms with Gasteiger partial charge in [-0.2, -0.15) is 13.2 Å². The summed E-state index contributed by atoms with van der Waals surface area (Å²) in [4.78, 5) is 31.6. The van der Waals surface area contributed by atoms with Crippen LogP contribution in [0.1, 0.15) is 40.0 Å². The topological polar surface area (TPSA) is 110 Å². The van der Waals surface area contributed by atoms with Crippen LogP contribution in [0.5, 0.6) is 0 Å². The predicted molar refractivity (Wildman–Crippen MR) is 89.5 cm³/mol. The number of primary amides is 1. The molecule has 0 bridgehead atoms. The first-order valence-corrected chi connectivity index (χ1v) is 8.72. The lowest BCUT2D eigenvalue weighted by atomic mass is 10.1. The number of carbonyl (C=O) groups excluding carboxylic acids is 2. The second-order valence-electron chi connectivity index (χ2n) is 7.65. The molecule has 2 saturated carbocycles. The molecule has 0 aromatic rings. The third kappa shape index (κ3) is 7.00. The number of halogens is 3.